The third-order valence-corrected chi connectivity index (χ3v) is 2.38. The van der Waals surface area contributed by atoms with Crippen molar-refractivity contribution in [1.82, 2.24) is 0 Å². The average molecular weight is 168 g/mol. The molecule has 1 atom stereocenters. The van der Waals surface area contributed by atoms with Crippen LogP contribution in [-0.4, -0.2) is 6.67 Å². The molecule has 0 saturated heterocycles. The van der Waals surface area contributed by atoms with Crippen LogP contribution in [0.1, 0.15) is 32.6 Å². The van der Waals surface area contributed by atoms with Crippen molar-refractivity contribution in [2.75, 3.05) is 6.67 Å². The van der Waals surface area contributed by atoms with Crippen molar-refractivity contribution >= 4 is 0 Å². The summed E-state index contributed by atoms with van der Waals surface area (Å²) in [5.41, 5.74) is 1.42. The third kappa shape index (κ3) is 2.80. The molecule has 0 aromatic carbocycles. The predicted octanol–water partition coefficient (Wildman–Crippen LogP) is 3.65. The molecule has 0 radical (unpaired) electrons. The van der Waals surface area contributed by atoms with Crippen LogP contribution in [0.4, 0.5) is 4.39 Å². The first-order chi connectivity index (χ1) is 5.86. The topological polar surface area (TPSA) is 0 Å². The maximum Gasteiger partial charge on any atom is 0.0894 e. The molecule has 68 valence electrons. The Balaban J connectivity index is 2.28. The minimum atomic E-state index is -0.172. The summed E-state index contributed by atoms with van der Waals surface area (Å²) in [6.45, 7) is 1.99. The Morgan fingerprint density at radius 1 is 1.58 bits per heavy atom. The predicted molar refractivity (Wildman–Crippen MR) is 50.8 cm³/mol. The van der Waals surface area contributed by atoms with Gasteiger partial charge in [-0.2, -0.15) is 0 Å². The zero-order chi connectivity index (χ0) is 8.81. The molecule has 12 heavy (non-hydrogen) atoms. The van der Waals surface area contributed by atoms with Gasteiger partial charge in [-0.25, -0.2) is 0 Å². The minimum absolute atomic E-state index is 0.172. The van der Waals surface area contributed by atoms with Gasteiger partial charge in [-0.15, -0.1) is 0 Å². The first-order valence-electron chi connectivity index (χ1n) is 4.80. The van der Waals surface area contributed by atoms with Crippen molar-refractivity contribution < 1.29 is 4.39 Å². The van der Waals surface area contributed by atoms with Gasteiger partial charge < -0.3 is 0 Å². The van der Waals surface area contributed by atoms with Crippen LogP contribution >= 0.6 is 0 Å². The third-order valence-electron chi connectivity index (χ3n) is 2.38. The number of rotatable bonds is 4. The van der Waals surface area contributed by atoms with E-state index in [1.54, 1.807) is 0 Å². The van der Waals surface area contributed by atoms with E-state index in [0.717, 1.165) is 19.3 Å². The highest BCUT2D eigenvalue weighted by atomic mass is 19.1. The summed E-state index contributed by atoms with van der Waals surface area (Å²) in [7, 11) is 0. The summed E-state index contributed by atoms with van der Waals surface area (Å²) < 4.78 is 11.9. The van der Waals surface area contributed by atoms with E-state index < -0.39 is 0 Å². The molecule has 0 aromatic rings. The fourth-order valence-corrected chi connectivity index (χ4v) is 1.52. The molecule has 0 aliphatic heterocycles. The summed E-state index contributed by atoms with van der Waals surface area (Å²) in [6, 6.07) is 0. The molecule has 0 spiro atoms. The molecule has 0 N–H and O–H groups in total. The van der Waals surface area contributed by atoms with Gasteiger partial charge in [0.25, 0.3) is 0 Å². The van der Waals surface area contributed by atoms with E-state index in [4.69, 9.17) is 0 Å². The molecule has 1 aliphatic rings. The lowest BCUT2D eigenvalue weighted by Crippen LogP contribution is -2.00. The second-order valence-electron chi connectivity index (χ2n) is 3.32. The molecule has 0 nitrogen and oxygen atoms in total. The van der Waals surface area contributed by atoms with Crippen LogP contribution in [0, 0.1) is 5.92 Å². The molecule has 1 heteroatoms. The van der Waals surface area contributed by atoms with Gasteiger partial charge in [0.05, 0.1) is 6.67 Å². The standard InChI is InChI=1S/C11H17F/c1-2-10-5-7-11(8-6-10)4-3-9-12/h5-7,11H,2-4,8-9H2,1H3. The maximum absolute atomic E-state index is 11.9. The van der Waals surface area contributed by atoms with Crippen LogP contribution in [0.2, 0.25) is 0 Å². The number of alkyl halides is 1. The van der Waals surface area contributed by atoms with E-state index in [1.807, 2.05) is 0 Å². The Hall–Kier alpha value is -0.590. The molecule has 0 aromatic heterocycles. The summed E-state index contributed by atoms with van der Waals surface area (Å²) in [5, 5.41) is 0. The van der Waals surface area contributed by atoms with Crippen LogP contribution in [0.3, 0.4) is 0 Å². The van der Waals surface area contributed by atoms with E-state index in [1.165, 1.54) is 5.57 Å². The second kappa shape index (κ2) is 5.13. The van der Waals surface area contributed by atoms with Crippen LogP contribution in [-0.2, 0) is 0 Å². The lowest BCUT2D eigenvalue weighted by molar-refractivity contribution is 0.432. The van der Waals surface area contributed by atoms with Crippen molar-refractivity contribution in [3.63, 3.8) is 0 Å². The largest absolute Gasteiger partial charge is 0.251 e. The lowest BCUT2D eigenvalue weighted by Gasteiger charge is -2.14. The summed E-state index contributed by atoms with van der Waals surface area (Å²) >= 11 is 0. The van der Waals surface area contributed by atoms with E-state index in [2.05, 4.69) is 25.2 Å². The molecular formula is C11H17F. The van der Waals surface area contributed by atoms with E-state index in [9.17, 15) is 4.39 Å². The highest BCUT2D eigenvalue weighted by molar-refractivity contribution is 5.23. The molecule has 1 aliphatic carbocycles. The summed E-state index contributed by atoms with van der Waals surface area (Å²) in [4.78, 5) is 0. The van der Waals surface area contributed by atoms with E-state index in [-0.39, 0.29) is 6.67 Å². The smallest absolute Gasteiger partial charge is 0.0894 e. The number of allylic oxidation sites excluding steroid dienone is 4. The molecule has 0 heterocycles. The van der Waals surface area contributed by atoms with Crippen molar-refractivity contribution in [3.8, 4) is 0 Å². The van der Waals surface area contributed by atoms with Gasteiger partial charge in [0.2, 0.25) is 0 Å². The van der Waals surface area contributed by atoms with E-state index in [0.29, 0.717) is 12.3 Å². The molecule has 0 fully saturated rings. The van der Waals surface area contributed by atoms with Gasteiger partial charge in [-0.1, -0.05) is 30.7 Å². The second-order valence-corrected chi connectivity index (χ2v) is 3.32. The number of hydrogen-bond donors (Lipinski definition) is 0. The molecule has 1 rings (SSSR count). The van der Waals surface area contributed by atoms with Crippen LogP contribution in [0.15, 0.2) is 23.8 Å². The quantitative estimate of drug-likeness (QED) is 0.601. The monoisotopic (exact) mass is 168 g/mol. The van der Waals surface area contributed by atoms with Gasteiger partial charge in [-0.3, -0.25) is 4.39 Å². The Kier molecular flexibility index (Phi) is 4.06. The molecule has 0 saturated carbocycles. The van der Waals surface area contributed by atoms with Gasteiger partial charge in [0, 0.05) is 0 Å². The number of halogens is 1. The lowest BCUT2D eigenvalue weighted by atomic mass is 9.92. The maximum atomic E-state index is 11.9. The first-order valence-corrected chi connectivity index (χ1v) is 4.80. The zero-order valence-electron chi connectivity index (χ0n) is 7.72. The number of hydrogen-bond acceptors (Lipinski definition) is 0. The van der Waals surface area contributed by atoms with E-state index >= 15 is 0 Å². The summed E-state index contributed by atoms with van der Waals surface area (Å²) in [6.07, 6.45) is 10.6. The normalized spacial score (nSPS) is 22.5. The Bertz CT molecular complexity index is 179. The molecule has 0 bridgehead atoms. The fraction of sp³-hybridized carbons (Fsp3) is 0.636. The Labute approximate surface area is 74.2 Å². The van der Waals surface area contributed by atoms with Crippen molar-refractivity contribution in [2.24, 2.45) is 5.92 Å². The van der Waals surface area contributed by atoms with Crippen molar-refractivity contribution in [2.45, 2.75) is 32.6 Å². The fourth-order valence-electron chi connectivity index (χ4n) is 1.52. The van der Waals surface area contributed by atoms with Crippen LogP contribution in [0.25, 0.3) is 0 Å². The highest BCUT2D eigenvalue weighted by Gasteiger charge is 2.06. The zero-order valence-corrected chi connectivity index (χ0v) is 7.72. The SMILES string of the molecule is CCC1=CCC(CCCF)C=C1. The molecular weight excluding hydrogens is 151 g/mol. The highest BCUT2D eigenvalue weighted by Crippen LogP contribution is 2.21. The van der Waals surface area contributed by atoms with Gasteiger partial charge in [-0.05, 0) is 31.6 Å². The van der Waals surface area contributed by atoms with Crippen LogP contribution < -0.4 is 0 Å². The van der Waals surface area contributed by atoms with Gasteiger partial charge >= 0.3 is 0 Å². The molecule has 1 unspecified atom stereocenters. The van der Waals surface area contributed by atoms with Crippen molar-refractivity contribution in [3.05, 3.63) is 23.8 Å². The van der Waals surface area contributed by atoms with Gasteiger partial charge in [0.1, 0.15) is 0 Å². The first kappa shape index (κ1) is 9.50. The van der Waals surface area contributed by atoms with Crippen LogP contribution in [0.5, 0.6) is 0 Å². The van der Waals surface area contributed by atoms with Crippen molar-refractivity contribution in [1.29, 1.82) is 0 Å². The average Bonchev–Trinajstić information content (AvgIpc) is 2.15. The Morgan fingerprint density at radius 3 is 2.92 bits per heavy atom. The molecule has 0 amide bonds. The summed E-state index contributed by atoms with van der Waals surface area (Å²) in [5.74, 6) is 0.594. The minimum Gasteiger partial charge on any atom is -0.251 e. The Morgan fingerprint density at radius 2 is 2.42 bits per heavy atom. The van der Waals surface area contributed by atoms with Gasteiger partial charge in [0.15, 0.2) is 0 Å².